The molecule has 0 saturated heterocycles. The van der Waals surface area contributed by atoms with Gasteiger partial charge in [-0.05, 0) is 30.5 Å². The summed E-state index contributed by atoms with van der Waals surface area (Å²) in [4.78, 5) is 5.42. The molecule has 124 valence electrons. The number of nitrogen functional groups attached to an aromatic ring is 1. The van der Waals surface area contributed by atoms with Gasteiger partial charge < -0.3 is 15.6 Å². The van der Waals surface area contributed by atoms with Crippen LogP contribution in [0, 0.1) is 5.41 Å². The summed E-state index contributed by atoms with van der Waals surface area (Å²) in [5, 5.41) is 20.4. The number of nitrogens with one attached hydrogen (secondary N) is 1. The number of nitrogens with zero attached hydrogens (tertiary/aromatic N) is 1. The van der Waals surface area contributed by atoms with Crippen molar-refractivity contribution < 1.29 is 9.84 Å². The summed E-state index contributed by atoms with van der Waals surface area (Å²) in [5.74, 6) is 0.588. The molecule has 8 heteroatoms. The number of methoxy groups -OCH3 is 1. The second-order valence-corrected chi connectivity index (χ2v) is 7.84. The highest BCUT2D eigenvalue weighted by atomic mass is 32.2. The van der Waals surface area contributed by atoms with Crippen LogP contribution in [0.1, 0.15) is 4.88 Å². The Bertz CT molecular complexity index is 902. The lowest BCUT2D eigenvalue weighted by molar-refractivity contribution is 0.373. The number of amidine groups is 1. The van der Waals surface area contributed by atoms with E-state index in [9.17, 15) is 5.11 Å². The van der Waals surface area contributed by atoms with E-state index in [1.54, 1.807) is 23.9 Å². The van der Waals surface area contributed by atoms with Crippen molar-refractivity contribution in [2.75, 3.05) is 13.4 Å². The number of hydrogen-bond donors (Lipinski definition) is 3. The predicted molar refractivity (Wildman–Crippen MR) is 102 cm³/mol. The van der Waals surface area contributed by atoms with E-state index >= 15 is 0 Å². The van der Waals surface area contributed by atoms with Crippen molar-refractivity contribution in [1.82, 2.24) is 4.98 Å². The van der Waals surface area contributed by atoms with Gasteiger partial charge in [-0.1, -0.05) is 0 Å². The van der Waals surface area contributed by atoms with Crippen LogP contribution in [0.3, 0.4) is 0 Å². The van der Waals surface area contributed by atoms with Crippen molar-refractivity contribution in [2.24, 2.45) is 5.73 Å². The molecule has 0 bridgehead atoms. The summed E-state index contributed by atoms with van der Waals surface area (Å²) in [6.07, 6.45) is 2.00. The van der Waals surface area contributed by atoms with E-state index in [0.29, 0.717) is 5.75 Å². The summed E-state index contributed by atoms with van der Waals surface area (Å²) in [5.41, 5.74) is 8.20. The van der Waals surface area contributed by atoms with Crippen LogP contribution < -0.4 is 10.5 Å². The molecule has 0 saturated carbocycles. The molecule has 0 aliphatic heterocycles. The Kier molecular flexibility index (Phi) is 4.79. The molecule has 4 N–H and O–H groups in total. The normalized spacial score (nSPS) is 10.8. The quantitative estimate of drug-likeness (QED) is 0.351. The van der Waals surface area contributed by atoms with Crippen LogP contribution in [-0.4, -0.2) is 29.3 Å². The predicted octanol–water partition coefficient (Wildman–Crippen LogP) is 4.26. The number of aromatic hydroxyl groups is 1. The van der Waals surface area contributed by atoms with Gasteiger partial charge in [-0.15, -0.1) is 34.4 Å². The van der Waals surface area contributed by atoms with Gasteiger partial charge in [0.2, 0.25) is 0 Å². The smallest absolute Gasteiger partial charge is 0.160 e. The molecule has 3 rings (SSSR count). The third-order valence-corrected chi connectivity index (χ3v) is 6.54. The molecule has 1 aromatic carbocycles. The number of phenolic OH excluding ortho intramolecular Hbond substituents is 1. The number of aromatic nitrogens is 1. The van der Waals surface area contributed by atoms with Gasteiger partial charge in [-0.25, -0.2) is 4.98 Å². The van der Waals surface area contributed by atoms with Crippen molar-refractivity contribution in [2.45, 2.75) is 4.21 Å². The van der Waals surface area contributed by atoms with E-state index in [4.69, 9.17) is 15.9 Å². The molecule has 24 heavy (non-hydrogen) atoms. The minimum absolute atomic E-state index is 0.0680. The average Bonchev–Trinajstić information content (AvgIpc) is 3.21. The van der Waals surface area contributed by atoms with E-state index in [2.05, 4.69) is 4.98 Å². The van der Waals surface area contributed by atoms with Gasteiger partial charge in [-0.3, -0.25) is 5.41 Å². The zero-order valence-corrected chi connectivity index (χ0v) is 15.4. The molecule has 5 nitrogen and oxygen atoms in total. The fraction of sp³-hybridized carbons (Fsp3) is 0.125. The second kappa shape index (κ2) is 6.84. The van der Waals surface area contributed by atoms with Crippen molar-refractivity contribution in [3.05, 3.63) is 34.5 Å². The minimum Gasteiger partial charge on any atom is -0.504 e. The van der Waals surface area contributed by atoms with Crippen LogP contribution in [0.15, 0.2) is 33.9 Å². The lowest BCUT2D eigenvalue weighted by atomic mass is 10.1. The Morgan fingerprint density at radius 2 is 2.17 bits per heavy atom. The molecule has 2 aromatic heterocycles. The molecule has 3 aromatic rings. The first kappa shape index (κ1) is 16.8. The van der Waals surface area contributed by atoms with Crippen molar-refractivity contribution >= 4 is 40.3 Å². The SMILES string of the molecule is COc1ccc(-c2csc(-c3cc(C(=N)N)sc3SC)n2)cc1O. The van der Waals surface area contributed by atoms with Crippen LogP contribution in [-0.2, 0) is 0 Å². The van der Waals surface area contributed by atoms with E-state index in [1.807, 2.05) is 23.8 Å². The molecular weight excluding hydrogens is 362 g/mol. The fourth-order valence-electron chi connectivity index (χ4n) is 2.19. The number of benzene rings is 1. The molecule has 0 atom stereocenters. The Hall–Kier alpha value is -2.03. The third-order valence-electron chi connectivity index (χ3n) is 3.36. The first-order valence-corrected chi connectivity index (χ1v) is 9.81. The van der Waals surface area contributed by atoms with E-state index < -0.39 is 0 Å². The Morgan fingerprint density at radius 1 is 1.38 bits per heavy atom. The van der Waals surface area contributed by atoms with E-state index in [0.717, 1.165) is 30.9 Å². The van der Waals surface area contributed by atoms with E-state index in [1.165, 1.54) is 29.8 Å². The minimum atomic E-state index is 0.0680. The number of thiophene rings is 1. The van der Waals surface area contributed by atoms with Crippen molar-refractivity contribution in [3.8, 4) is 33.3 Å². The first-order valence-electron chi connectivity index (χ1n) is 6.89. The third kappa shape index (κ3) is 3.12. The lowest BCUT2D eigenvalue weighted by Gasteiger charge is -2.04. The maximum absolute atomic E-state index is 9.93. The highest BCUT2D eigenvalue weighted by Crippen LogP contribution is 2.40. The van der Waals surface area contributed by atoms with Gasteiger partial charge in [0.25, 0.3) is 0 Å². The number of rotatable bonds is 5. The Labute approximate surface area is 151 Å². The Morgan fingerprint density at radius 3 is 2.79 bits per heavy atom. The molecule has 0 amide bonds. The Balaban J connectivity index is 1.99. The van der Waals surface area contributed by atoms with Gasteiger partial charge in [0.05, 0.1) is 21.9 Å². The highest BCUT2D eigenvalue weighted by molar-refractivity contribution is 8.00. The standard InChI is InChI=1S/C16H15N3O2S3/c1-21-12-4-3-8(5-11(12)20)10-7-23-15(19-10)9-6-13(14(17)18)24-16(9)22-2/h3-7,20H,1-2H3,(H3,17,18). The van der Waals surface area contributed by atoms with Crippen LogP contribution in [0.4, 0.5) is 0 Å². The highest BCUT2D eigenvalue weighted by Gasteiger charge is 2.16. The van der Waals surface area contributed by atoms with E-state index in [-0.39, 0.29) is 11.6 Å². The number of hydrogen-bond acceptors (Lipinski definition) is 7. The number of thiazole rings is 1. The zero-order valence-electron chi connectivity index (χ0n) is 13.0. The second-order valence-electron chi connectivity index (χ2n) is 4.85. The van der Waals surface area contributed by atoms with Gasteiger partial charge in [0, 0.05) is 16.5 Å². The summed E-state index contributed by atoms with van der Waals surface area (Å²) in [7, 11) is 1.52. The molecule has 0 spiro atoms. The number of nitrogens with two attached hydrogens (primary N) is 1. The van der Waals surface area contributed by atoms with Gasteiger partial charge in [0.1, 0.15) is 10.8 Å². The van der Waals surface area contributed by atoms with Crippen molar-refractivity contribution in [1.29, 1.82) is 5.41 Å². The summed E-state index contributed by atoms with van der Waals surface area (Å²) >= 11 is 4.64. The number of phenols is 1. The van der Waals surface area contributed by atoms with Crippen LogP contribution in [0.5, 0.6) is 11.5 Å². The average molecular weight is 378 g/mol. The van der Waals surface area contributed by atoms with Gasteiger partial charge in [0.15, 0.2) is 11.5 Å². The lowest BCUT2D eigenvalue weighted by Crippen LogP contribution is -2.08. The summed E-state index contributed by atoms with van der Waals surface area (Å²) in [6.45, 7) is 0. The van der Waals surface area contributed by atoms with Crippen molar-refractivity contribution in [3.63, 3.8) is 0 Å². The molecule has 0 fully saturated rings. The molecule has 0 aliphatic rings. The molecular formula is C16H15N3O2S3. The number of ether oxygens (including phenoxy) is 1. The maximum atomic E-state index is 9.93. The van der Waals surface area contributed by atoms with Crippen LogP contribution in [0.2, 0.25) is 0 Å². The van der Waals surface area contributed by atoms with Crippen LogP contribution >= 0.6 is 34.4 Å². The number of thioether (sulfide) groups is 1. The summed E-state index contributed by atoms with van der Waals surface area (Å²) in [6, 6.07) is 7.13. The van der Waals surface area contributed by atoms with Crippen LogP contribution in [0.25, 0.3) is 21.8 Å². The topological polar surface area (TPSA) is 92.2 Å². The fourth-order valence-corrected chi connectivity index (χ4v) is 4.90. The molecule has 0 unspecified atom stereocenters. The molecule has 2 heterocycles. The largest absolute Gasteiger partial charge is 0.504 e. The monoisotopic (exact) mass is 377 g/mol. The molecule has 0 radical (unpaired) electrons. The first-order chi connectivity index (χ1) is 11.5. The van der Waals surface area contributed by atoms with Gasteiger partial charge >= 0.3 is 0 Å². The zero-order chi connectivity index (χ0) is 17.3. The molecule has 0 aliphatic carbocycles. The maximum Gasteiger partial charge on any atom is 0.160 e. The van der Waals surface area contributed by atoms with Gasteiger partial charge in [-0.2, -0.15) is 0 Å². The summed E-state index contributed by atoms with van der Waals surface area (Å²) < 4.78 is 6.15.